The first-order valence-electron chi connectivity index (χ1n) is 6.64. The van der Waals surface area contributed by atoms with Gasteiger partial charge in [0.25, 0.3) is 0 Å². The molecule has 0 atom stereocenters. The van der Waals surface area contributed by atoms with E-state index in [9.17, 15) is 0 Å². The molecule has 0 saturated carbocycles. The quantitative estimate of drug-likeness (QED) is 0.757. The molecule has 1 aromatic rings. The molecule has 0 unspecified atom stereocenters. The van der Waals surface area contributed by atoms with E-state index in [0.717, 1.165) is 31.3 Å². The molecule has 3 heteroatoms. The lowest BCUT2D eigenvalue weighted by Crippen LogP contribution is -2.28. The van der Waals surface area contributed by atoms with E-state index in [2.05, 4.69) is 25.7 Å². The normalized spacial score (nSPS) is 11.6. The minimum absolute atomic E-state index is 0.0152. The molecule has 0 aromatic carbocycles. The van der Waals surface area contributed by atoms with Gasteiger partial charge < -0.3 is 9.52 Å². The Morgan fingerprint density at radius 1 is 1.18 bits per heavy atom. The van der Waals surface area contributed by atoms with Crippen molar-refractivity contribution < 1.29 is 9.52 Å². The Labute approximate surface area is 104 Å². The fourth-order valence-electron chi connectivity index (χ4n) is 2.03. The molecule has 3 nitrogen and oxygen atoms in total. The monoisotopic (exact) mass is 239 g/mol. The van der Waals surface area contributed by atoms with E-state index in [4.69, 9.17) is 9.52 Å². The van der Waals surface area contributed by atoms with E-state index in [0.29, 0.717) is 5.76 Å². The zero-order chi connectivity index (χ0) is 12.7. The highest BCUT2D eigenvalue weighted by Crippen LogP contribution is 2.14. The minimum atomic E-state index is -0.0152. The van der Waals surface area contributed by atoms with Gasteiger partial charge in [-0.05, 0) is 24.6 Å². The van der Waals surface area contributed by atoms with E-state index < -0.39 is 0 Å². The Balaban J connectivity index is 2.50. The summed E-state index contributed by atoms with van der Waals surface area (Å²) in [6.45, 7) is 9.66. The smallest absolute Gasteiger partial charge is 0.129 e. The first-order valence-corrected chi connectivity index (χ1v) is 6.64. The highest BCUT2D eigenvalue weighted by Gasteiger charge is 2.12. The Kier molecular flexibility index (Phi) is 6.30. The van der Waals surface area contributed by atoms with Crippen LogP contribution in [0.25, 0.3) is 0 Å². The first kappa shape index (κ1) is 14.3. The molecular weight excluding hydrogens is 214 g/mol. The molecule has 0 fully saturated rings. The average Bonchev–Trinajstić information content (AvgIpc) is 2.82. The van der Waals surface area contributed by atoms with E-state index in [1.54, 1.807) is 0 Å². The summed E-state index contributed by atoms with van der Waals surface area (Å²) in [6, 6.07) is 3.81. The van der Waals surface area contributed by atoms with Crippen molar-refractivity contribution in [1.82, 2.24) is 4.90 Å². The molecule has 1 N–H and O–H groups in total. The van der Waals surface area contributed by atoms with Gasteiger partial charge >= 0.3 is 0 Å². The van der Waals surface area contributed by atoms with Crippen molar-refractivity contribution >= 4 is 0 Å². The molecule has 1 rings (SSSR count). The lowest BCUT2D eigenvalue weighted by Gasteiger charge is -2.24. The van der Waals surface area contributed by atoms with Crippen LogP contribution < -0.4 is 0 Å². The number of hydrogen-bond acceptors (Lipinski definition) is 3. The first-order chi connectivity index (χ1) is 8.23. The van der Waals surface area contributed by atoms with Crippen LogP contribution in [0.2, 0.25) is 0 Å². The van der Waals surface area contributed by atoms with Crippen LogP contribution in [-0.2, 0) is 13.2 Å². The van der Waals surface area contributed by atoms with Crippen LogP contribution in [0.4, 0.5) is 0 Å². The topological polar surface area (TPSA) is 36.6 Å². The predicted molar refractivity (Wildman–Crippen MR) is 69.7 cm³/mol. The second-order valence-electron chi connectivity index (χ2n) is 4.54. The minimum Gasteiger partial charge on any atom is -0.462 e. The molecule has 0 aliphatic rings. The van der Waals surface area contributed by atoms with Crippen molar-refractivity contribution in [2.24, 2.45) is 5.92 Å². The summed E-state index contributed by atoms with van der Waals surface area (Å²) >= 11 is 0. The summed E-state index contributed by atoms with van der Waals surface area (Å²) in [5.74, 6) is 2.36. The van der Waals surface area contributed by atoms with Gasteiger partial charge in [0, 0.05) is 6.54 Å². The summed E-state index contributed by atoms with van der Waals surface area (Å²) < 4.78 is 5.52. The summed E-state index contributed by atoms with van der Waals surface area (Å²) in [6.07, 6.45) is 2.46. The fourth-order valence-corrected chi connectivity index (χ4v) is 2.03. The van der Waals surface area contributed by atoms with Gasteiger partial charge in [-0.15, -0.1) is 0 Å². The number of aliphatic hydroxyl groups is 1. The molecule has 0 spiro atoms. The largest absolute Gasteiger partial charge is 0.462 e. The Morgan fingerprint density at radius 3 is 2.29 bits per heavy atom. The van der Waals surface area contributed by atoms with Crippen LogP contribution in [0, 0.1) is 5.92 Å². The Bertz CT molecular complexity index is 305. The molecule has 0 aliphatic carbocycles. The maximum atomic E-state index is 8.96. The number of hydrogen-bond donors (Lipinski definition) is 1. The molecular formula is C14H25NO2. The highest BCUT2D eigenvalue weighted by atomic mass is 16.4. The van der Waals surface area contributed by atoms with Crippen LogP contribution >= 0.6 is 0 Å². The van der Waals surface area contributed by atoms with Gasteiger partial charge in [0.05, 0.1) is 6.54 Å². The zero-order valence-corrected chi connectivity index (χ0v) is 11.3. The lowest BCUT2D eigenvalue weighted by atomic mass is 10.0. The Morgan fingerprint density at radius 2 is 1.82 bits per heavy atom. The third-order valence-corrected chi connectivity index (χ3v) is 3.37. The lowest BCUT2D eigenvalue weighted by molar-refractivity contribution is 0.199. The van der Waals surface area contributed by atoms with Crippen molar-refractivity contribution in [3.05, 3.63) is 23.7 Å². The summed E-state index contributed by atoms with van der Waals surface area (Å²) in [5, 5.41) is 8.96. The molecule has 0 aliphatic heterocycles. The number of rotatable bonds is 8. The maximum Gasteiger partial charge on any atom is 0.129 e. The molecule has 0 bridgehead atoms. The number of furan rings is 1. The molecule has 1 heterocycles. The second kappa shape index (κ2) is 7.51. The van der Waals surface area contributed by atoms with E-state index in [-0.39, 0.29) is 6.61 Å². The third-order valence-electron chi connectivity index (χ3n) is 3.37. The summed E-state index contributed by atoms with van der Waals surface area (Å²) in [5.41, 5.74) is 0. The van der Waals surface area contributed by atoms with Gasteiger partial charge in [-0.2, -0.15) is 0 Å². The van der Waals surface area contributed by atoms with Gasteiger partial charge in [-0.3, -0.25) is 4.90 Å². The van der Waals surface area contributed by atoms with Crippen molar-refractivity contribution in [3.63, 3.8) is 0 Å². The highest BCUT2D eigenvalue weighted by molar-refractivity contribution is 5.06. The van der Waals surface area contributed by atoms with Crippen LogP contribution in [0.1, 0.15) is 45.1 Å². The number of aliphatic hydroxyl groups excluding tert-OH is 1. The van der Waals surface area contributed by atoms with Gasteiger partial charge in [0.2, 0.25) is 0 Å². The van der Waals surface area contributed by atoms with Crippen molar-refractivity contribution in [2.45, 2.75) is 46.8 Å². The van der Waals surface area contributed by atoms with Gasteiger partial charge in [0.15, 0.2) is 0 Å². The Hall–Kier alpha value is -0.800. The van der Waals surface area contributed by atoms with Gasteiger partial charge in [0.1, 0.15) is 18.1 Å². The SMILES string of the molecule is CCC(CC)CN(CC)Cc1ccc(CO)o1. The zero-order valence-electron chi connectivity index (χ0n) is 11.3. The molecule has 0 radical (unpaired) electrons. The van der Waals surface area contributed by atoms with Crippen molar-refractivity contribution in [1.29, 1.82) is 0 Å². The molecule has 17 heavy (non-hydrogen) atoms. The van der Waals surface area contributed by atoms with Gasteiger partial charge in [-0.25, -0.2) is 0 Å². The van der Waals surface area contributed by atoms with Crippen LogP contribution in [0.15, 0.2) is 16.5 Å². The van der Waals surface area contributed by atoms with E-state index >= 15 is 0 Å². The van der Waals surface area contributed by atoms with Crippen molar-refractivity contribution in [3.8, 4) is 0 Å². The number of nitrogens with zero attached hydrogens (tertiary/aromatic N) is 1. The summed E-state index contributed by atoms with van der Waals surface area (Å²) in [4.78, 5) is 2.40. The third kappa shape index (κ3) is 4.52. The predicted octanol–water partition coefficient (Wildman–Crippen LogP) is 3.03. The van der Waals surface area contributed by atoms with E-state index in [1.807, 2.05) is 12.1 Å². The summed E-state index contributed by atoms with van der Waals surface area (Å²) in [7, 11) is 0. The van der Waals surface area contributed by atoms with E-state index in [1.165, 1.54) is 12.8 Å². The van der Waals surface area contributed by atoms with Gasteiger partial charge in [-0.1, -0.05) is 33.6 Å². The van der Waals surface area contributed by atoms with Crippen LogP contribution in [-0.4, -0.2) is 23.1 Å². The molecule has 1 aromatic heterocycles. The fraction of sp³-hybridized carbons (Fsp3) is 0.714. The standard InChI is InChI=1S/C14H25NO2/c1-4-12(5-2)9-15(6-3)10-13-7-8-14(11-16)17-13/h7-8,12,16H,4-6,9-11H2,1-3H3. The van der Waals surface area contributed by atoms with Crippen molar-refractivity contribution in [2.75, 3.05) is 13.1 Å². The second-order valence-corrected chi connectivity index (χ2v) is 4.54. The maximum absolute atomic E-state index is 8.96. The average molecular weight is 239 g/mol. The van der Waals surface area contributed by atoms with Crippen LogP contribution in [0.3, 0.4) is 0 Å². The molecule has 0 amide bonds. The molecule has 98 valence electrons. The molecule has 0 saturated heterocycles. The van der Waals surface area contributed by atoms with Crippen LogP contribution in [0.5, 0.6) is 0 Å².